The molecule has 0 radical (unpaired) electrons. The van der Waals surface area contributed by atoms with Crippen LogP contribution in [0.25, 0.3) is 0 Å². The number of rotatable bonds is 43. The molecule has 0 aliphatic carbocycles. The molecule has 0 aliphatic rings. The summed E-state index contributed by atoms with van der Waals surface area (Å²) in [6.07, 6.45) is 25.8. The van der Waals surface area contributed by atoms with Gasteiger partial charge < -0.3 is 51.1 Å². The van der Waals surface area contributed by atoms with Gasteiger partial charge in [0.15, 0.2) is 0 Å². The highest BCUT2D eigenvalue weighted by molar-refractivity contribution is 5.01. The van der Waals surface area contributed by atoms with E-state index in [1.54, 1.807) is 13.0 Å². The maximum atomic E-state index is 11.2. The lowest BCUT2D eigenvalue weighted by Crippen LogP contribution is -2.31. The molecule has 0 aromatic carbocycles. The first kappa shape index (κ1) is 68.8. The van der Waals surface area contributed by atoms with Crippen LogP contribution in [0.3, 0.4) is 0 Å². The van der Waals surface area contributed by atoms with Gasteiger partial charge in [0.25, 0.3) is 0 Å². The predicted molar refractivity (Wildman–Crippen MR) is 293 cm³/mol. The summed E-state index contributed by atoms with van der Waals surface area (Å²) < 4.78 is 0. The molecule has 0 saturated carbocycles. The third-order valence-corrected chi connectivity index (χ3v) is 15.6. The van der Waals surface area contributed by atoms with Crippen LogP contribution in [0.4, 0.5) is 0 Å². The Bertz CT molecular complexity index is 1480. The molecule has 0 heterocycles. The molecular formula is C60H116O10. The van der Waals surface area contributed by atoms with Crippen molar-refractivity contribution in [1.29, 1.82) is 0 Å². The van der Waals surface area contributed by atoms with Crippen LogP contribution >= 0.6 is 0 Å². The second-order valence-electron chi connectivity index (χ2n) is 26.1. The lowest BCUT2D eigenvalue weighted by Gasteiger charge is -2.31. The molecule has 10 nitrogen and oxygen atoms in total. The SMILES string of the molecule is C=CC(C)(O)CC/C=C(\C)CCCC(C)(O)CCCC(C)(O)CCCC(C)(O)CCCC(C)(O)CCCC(C)(O)CCCC(C)(O)CCCC(C)(O)CCCC(C)(O)CCCC(C)(O)CCC=C(C)C. The van der Waals surface area contributed by atoms with E-state index in [0.29, 0.717) is 167 Å². The maximum absolute atomic E-state index is 11.2. The molecule has 0 spiro atoms. The fourth-order valence-corrected chi connectivity index (χ4v) is 10.2. The Morgan fingerprint density at radius 1 is 0.300 bits per heavy atom. The predicted octanol–water partition coefficient (Wildman–Crippen LogP) is 12.7. The van der Waals surface area contributed by atoms with E-state index in [-0.39, 0.29) is 0 Å². The average molecular weight is 998 g/mol. The highest BCUT2D eigenvalue weighted by Gasteiger charge is 2.31. The van der Waals surface area contributed by atoms with Gasteiger partial charge in [-0.15, -0.1) is 6.58 Å². The van der Waals surface area contributed by atoms with Crippen molar-refractivity contribution in [3.05, 3.63) is 36.0 Å². The zero-order valence-corrected chi connectivity index (χ0v) is 47.8. The van der Waals surface area contributed by atoms with Crippen LogP contribution in [0.1, 0.15) is 289 Å². The molecular weight excluding hydrogens is 881 g/mol. The van der Waals surface area contributed by atoms with Gasteiger partial charge in [0.1, 0.15) is 0 Å². The summed E-state index contributed by atoms with van der Waals surface area (Å²) >= 11 is 0. The van der Waals surface area contributed by atoms with Gasteiger partial charge in [0.05, 0.1) is 56.0 Å². The number of allylic oxidation sites excluding steroid dienone is 4. The van der Waals surface area contributed by atoms with Gasteiger partial charge in [-0.25, -0.2) is 0 Å². The summed E-state index contributed by atoms with van der Waals surface area (Å²) in [6, 6.07) is 0. The van der Waals surface area contributed by atoms with Crippen molar-refractivity contribution in [1.82, 2.24) is 0 Å². The molecule has 0 bridgehead atoms. The third-order valence-electron chi connectivity index (χ3n) is 15.6. The van der Waals surface area contributed by atoms with Crippen LogP contribution in [0.15, 0.2) is 36.0 Å². The number of hydrogen-bond donors (Lipinski definition) is 10. The first-order valence-electron chi connectivity index (χ1n) is 27.9. The van der Waals surface area contributed by atoms with Gasteiger partial charge in [0.2, 0.25) is 0 Å². The normalized spacial score (nSPS) is 21.3. The second kappa shape index (κ2) is 31.0. The topological polar surface area (TPSA) is 202 Å². The van der Waals surface area contributed by atoms with Crippen LogP contribution < -0.4 is 0 Å². The summed E-state index contributed by atoms with van der Waals surface area (Å²) in [5.41, 5.74) is -6.18. The van der Waals surface area contributed by atoms with Crippen molar-refractivity contribution < 1.29 is 51.1 Å². The minimum Gasteiger partial charge on any atom is -0.390 e. The summed E-state index contributed by atoms with van der Waals surface area (Å²) in [4.78, 5) is 0. The smallest absolute Gasteiger partial charge is 0.0800 e. The van der Waals surface area contributed by atoms with Crippen molar-refractivity contribution in [2.24, 2.45) is 0 Å². The first-order valence-corrected chi connectivity index (χ1v) is 27.9. The molecule has 0 aromatic rings. The van der Waals surface area contributed by atoms with E-state index >= 15 is 0 Å². The van der Waals surface area contributed by atoms with E-state index in [1.807, 2.05) is 62.3 Å². The monoisotopic (exact) mass is 997 g/mol. The van der Waals surface area contributed by atoms with E-state index in [9.17, 15) is 51.1 Å². The number of hydrogen-bond acceptors (Lipinski definition) is 10. The number of aliphatic hydroxyl groups is 10. The zero-order chi connectivity index (χ0) is 54.2. The lowest BCUT2D eigenvalue weighted by atomic mass is 9.83. The van der Waals surface area contributed by atoms with Crippen molar-refractivity contribution in [2.45, 2.75) is 345 Å². The Kier molecular flexibility index (Phi) is 30.5. The van der Waals surface area contributed by atoms with Crippen molar-refractivity contribution in [3.63, 3.8) is 0 Å². The molecule has 70 heavy (non-hydrogen) atoms. The molecule has 10 atom stereocenters. The molecule has 0 amide bonds. The standard InChI is InChI=1S/C60H116O10/c1-15-51(5,61)30-17-28-50(4)29-18-32-53(7,63)34-20-36-55(9,65)38-22-40-57(11,67)42-24-44-59(13,69)46-26-48-60(14,70)47-25-45-58(12,68)43-23-41-56(10,66)39-21-37-54(8,64)35-19-33-52(6,62)31-16-27-49(2)3/h15,27-28,61-70H,1,16-26,29-48H2,2-14H3/b50-28+. The zero-order valence-electron chi connectivity index (χ0n) is 47.8. The third kappa shape index (κ3) is 38.4. The average Bonchev–Trinajstić information content (AvgIpc) is 3.16. The summed E-state index contributed by atoms with van der Waals surface area (Å²) in [5.74, 6) is 0. The maximum Gasteiger partial charge on any atom is 0.0800 e. The van der Waals surface area contributed by atoms with Crippen LogP contribution in [0, 0.1) is 0 Å². The van der Waals surface area contributed by atoms with E-state index in [0.717, 1.165) is 32.1 Å². The van der Waals surface area contributed by atoms with Crippen molar-refractivity contribution in [3.8, 4) is 0 Å². The molecule has 10 unspecified atom stereocenters. The summed E-state index contributed by atoms with van der Waals surface area (Å²) in [5, 5.41) is 110. The minimum absolute atomic E-state index is 0.536. The van der Waals surface area contributed by atoms with Gasteiger partial charge in [-0.2, -0.15) is 0 Å². The Balaban J connectivity index is 4.45. The van der Waals surface area contributed by atoms with Crippen LogP contribution in [0.5, 0.6) is 0 Å². The van der Waals surface area contributed by atoms with Crippen molar-refractivity contribution >= 4 is 0 Å². The Morgan fingerprint density at radius 3 is 0.714 bits per heavy atom. The summed E-state index contributed by atoms with van der Waals surface area (Å²) in [6.45, 7) is 28.2. The summed E-state index contributed by atoms with van der Waals surface area (Å²) in [7, 11) is 0. The highest BCUT2D eigenvalue weighted by Crippen LogP contribution is 2.34. The highest BCUT2D eigenvalue weighted by atomic mass is 16.3. The van der Waals surface area contributed by atoms with E-state index < -0.39 is 56.0 Å². The Hall–Kier alpha value is -1.18. The van der Waals surface area contributed by atoms with E-state index in [2.05, 4.69) is 39.5 Å². The molecule has 0 saturated heterocycles. The molecule has 10 heteroatoms. The molecule has 0 aliphatic heterocycles. The molecule has 0 rings (SSSR count). The molecule has 10 N–H and O–H groups in total. The van der Waals surface area contributed by atoms with Crippen molar-refractivity contribution in [2.75, 3.05) is 0 Å². The van der Waals surface area contributed by atoms with Gasteiger partial charge in [-0.3, -0.25) is 0 Å². The van der Waals surface area contributed by atoms with Gasteiger partial charge in [-0.05, 0) is 289 Å². The van der Waals surface area contributed by atoms with Gasteiger partial charge in [-0.1, -0.05) is 29.4 Å². The second-order valence-corrected chi connectivity index (χ2v) is 26.1. The Labute approximate surface area is 430 Å². The fourth-order valence-electron chi connectivity index (χ4n) is 10.2. The quantitative estimate of drug-likeness (QED) is 0.0262. The van der Waals surface area contributed by atoms with Gasteiger partial charge in [0, 0.05) is 0 Å². The molecule has 0 aromatic heterocycles. The first-order chi connectivity index (χ1) is 31.7. The Morgan fingerprint density at radius 2 is 0.500 bits per heavy atom. The molecule has 0 fully saturated rings. The van der Waals surface area contributed by atoms with Crippen LogP contribution in [0.2, 0.25) is 0 Å². The van der Waals surface area contributed by atoms with Crippen LogP contribution in [-0.4, -0.2) is 107 Å². The largest absolute Gasteiger partial charge is 0.390 e. The van der Waals surface area contributed by atoms with E-state index in [4.69, 9.17) is 0 Å². The van der Waals surface area contributed by atoms with Gasteiger partial charge >= 0.3 is 0 Å². The van der Waals surface area contributed by atoms with E-state index in [1.165, 1.54) is 11.1 Å². The molecule has 416 valence electrons. The fraction of sp³-hybridized carbons (Fsp3) is 0.900. The minimum atomic E-state index is -0.920. The van der Waals surface area contributed by atoms with Crippen LogP contribution in [-0.2, 0) is 0 Å². The lowest BCUT2D eigenvalue weighted by molar-refractivity contribution is -0.00889.